The van der Waals surface area contributed by atoms with Gasteiger partial charge in [0.15, 0.2) is 5.82 Å². The lowest BCUT2D eigenvalue weighted by molar-refractivity contribution is -0.116. The van der Waals surface area contributed by atoms with Crippen LogP contribution in [0.5, 0.6) is 0 Å². The van der Waals surface area contributed by atoms with Gasteiger partial charge in [0.05, 0.1) is 11.4 Å². The second-order valence-corrected chi connectivity index (χ2v) is 10.1. The first-order chi connectivity index (χ1) is 14.3. The average Bonchev–Trinajstić information content (AvgIpc) is 3.45. The third-order valence-corrected chi connectivity index (χ3v) is 7.11. The quantitative estimate of drug-likeness (QED) is 0.528. The molecule has 0 bridgehead atoms. The highest BCUT2D eigenvalue weighted by atomic mass is 79.9. The number of sulfonamides is 1. The summed E-state index contributed by atoms with van der Waals surface area (Å²) in [5.41, 5.74) is 1.32. The van der Waals surface area contributed by atoms with E-state index in [-0.39, 0.29) is 11.4 Å². The Kier molecular flexibility index (Phi) is 5.72. The van der Waals surface area contributed by atoms with Gasteiger partial charge < -0.3 is 5.32 Å². The standard InChI is InChI=1S/C20H20BrN5O3S/c1-26(30(28,29)17-9-7-15(21)8-10-17)12-18(27)22-16-4-2-3-14(11-16)20-23-19(24-25-20)13-5-6-13/h2-4,7-11,13H,5-6,12H2,1H3,(H,22,27)(H,23,24,25). The van der Waals surface area contributed by atoms with Gasteiger partial charge in [-0.25, -0.2) is 13.4 Å². The zero-order chi connectivity index (χ0) is 21.3. The van der Waals surface area contributed by atoms with Crippen LogP contribution in [-0.2, 0) is 14.8 Å². The van der Waals surface area contributed by atoms with E-state index >= 15 is 0 Å². The van der Waals surface area contributed by atoms with Crippen LogP contribution >= 0.6 is 15.9 Å². The summed E-state index contributed by atoms with van der Waals surface area (Å²) < 4.78 is 27.1. The first-order valence-corrected chi connectivity index (χ1v) is 11.6. The molecule has 30 heavy (non-hydrogen) atoms. The van der Waals surface area contributed by atoms with Crippen molar-refractivity contribution >= 4 is 37.5 Å². The second kappa shape index (κ2) is 8.29. The van der Waals surface area contributed by atoms with Crippen LogP contribution in [0.2, 0.25) is 0 Å². The van der Waals surface area contributed by atoms with Crippen LogP contribution in [0.3, 0.4) is 0 Å². The molecule has 0 aliphatic heterocycles. The van der Waals surface area contributed by atoms with Gasteiger partial charge >= 0.3 is 0 Å². The third-order valence-electron chi connectivity index (χ3n) is 4.76. The normalized spacial score (nSPS) is 14.1. The molecule has 0 radical (unpaired) electrons. The summed E-state index contributed by atoms with van der Waals surface area (Å²) in [6.07, 6.45) is 2.25. The number of benzene rings is 2. The lowest BCUT2D eigenvalue weighted by atomic mass is 10.2. The Hall–Kier alpha value is -2.56. The Morgan fingerprint density at radius 1 is 1.23 bits per heavy atom. The van der Waals surface area contributed by atoms with Crippen LogP contribution in [0.25, 0.3) is 11.4 Å². The van der Waals surface area contributed by atoms with E-state index in [0.29, 0.717) is 17.4 Å². The Balaban J connectivity index is 1.42. The minimum atomic E-state index is -3.77. The van der Waals surface area contributed by atoms with Crippen LogP contribution in [-0.4, -0.2) is 47.4 Å². The minimum Gasteiger partial charge on any atom is -0.325 e. The molecule has 1 heterocycles. The summed E-state index contributed by atoms with van der Waals surface area (Å²) in [5.74, 6) is 1.49. The van der Waals surface area contributed by atoms with Crippen molar-refractivity contribution in [1.82, 2.24) is 19.5 Å². The number of nitrogens with zero attached hydrogens (tertiary/aromatic N) is 3. The molecule has 1 fully saturated rings. The monoisotopic (exact) mass is 489 g/mol. The molecule has 1 aromatic heterocycles. The molecule has 1 saturated carbocycles. The zero-order valence-corrected chi connectivity index (χ0v) is 18.6. The highest BCUT2D eigenvalue weighted by Crippen LogP contribution is 2.38. The predicted molar refractivity (Wildman–Crippen MR) is 116 cm³/mol. The molecule has 3 aromatic rings. The predicted octanol–water partition coefficient (Wildman–Crippen LogP) is 3.37. The van der Waals surface area contributed by atoms with Crippen LogP contribution in [0.4, 0.5) is 5.69 Å². The van der Waals surface area contributed by atoms with Crippen molar-refractivity contribution in [3.8, 4) is 11.4 Å². The van der Waals surface area contributed by atoms with Crippen molar-refractivity contribution in [2.45, 2.75) is 23.7 Å². The average molecular weight is 490 g/mol. The van der Waals surface area contributed by atoms with Gasteiger partial charge in [-0.1, -0.05) is 28.1 Å². The fourth-order valence-corrected chi connectivity index (χ4v) is 4.34. The van der Waals surface area contributed by atoms with Crippen LogP contribution in [0.1, 0.15) is 24.6 Å². The maximum absolute atomic E-state index is 12.6. The number of aromatic amines is 1. The van der Waals surface area contributed by atoms with E-state index in [0.717, 1.165) is 33.0 Å². The molecular weight excluding hydrogens is 470 g/mol. The second-order valence-electron chi connectivity index (χ2n) is 7.16. The number of carbonyl (C=O) groups is 1. The molecule has 10 heteroatoms. The molecular formula is C20H20BrN5O3S. The number of likely N-dealkylation sites (N-methyl/N-ethyl adjacent to an activating group) is 1. The Labute approximate surface area is 182 Å². The van der Waals surface area contributed by atoms with Gasteiger partial charge in [0.25, 0.3) is 0 Å². The number of H-pyrrole nitrogens is 1. The van der Waals surface area contributed by atoms with Crippen molar-refractivity contribution in [3.63, 3.8) is 0 Å². The van der Waals surface area contributed by atoms with Crippen molar-refractivity contribution in [1.29, 1.82) is 0 Å². The van der Waals surface area contributed by atoms with E-state index in [1.54, 1.807) is 30.3 Å². The molecule has 0 atom stereocenters. The summed E-state index contributed by atoms with van der Waals surface area (Å²) >= 11 is 3.28. The molecule has 2 N–H and O–H groups in total. The summed E-state index contributed by atoms with van der Waals surface area (Å²) in [6, 6.07) is 13.4. The molecule has 4 rings (SSSR count). The van der Waals surface area contributed by atoms with Crippen molar-refractivity contribution in [2.75, 3.05) is 18.9 Å². The summed E-state index contributed by atoms with van der Waals surface area (Å²) in [6.45, 7) is -0.310. The maximum atomic E-state index is 12.6. The van der Waals surface area contributed by atoms with Crippen LogP contribution in [0, 0.1) is 0 Å². The van der Waals surface area contributed by atoms with Gasteiger partial charge in [-0.15, -0.1) is 0 Å². The summed E-state index contributed by atoms with van der Waals surface area (Å²) in [7, 11) is -2.39. The van der Waals surface area contributed by atoms with Crippen LogP contribution in [0.15, 0.2) is 57.9 Å². The summed E-state index contributed by atoms with van der Waals surface area (Å²) in [5, 5.41) is 9.95. The fraction of sp³-hybridized carbons (Fsp3) is 0.250. The number of carbonyl (C=O) groups excluding carboxylic acids is 1. The molecule has 2 aromatic carbocycles. The zero-order valence-electron chi connectivity index (χ0n) is 16.2. The number of nitrogens with one attached hydrogen (secondary N) is 2. The third kappa shape index (κ3) is 4.61. The SMILES string of the molecule is CN(CC(=O)Nc1cccc(-c2n[nH]c(C3CC3)n2)c1)S(=O)(=O)c1ccc(Br)cc1. The van der Waals surface area contributed by atoms with E-state index in [9.17, 15) is 13.2 Å². The van der Waals surface area contributed by atoms with Gasteiger partial charge in [0, 0.05) is 28.7 Å². The van der Waals surface area contributed by atoms with E-state index in [4.69, 9.17) is 0 Å². The topological polar surface area (TPSA) is 108 Å². The Morgan fingerprint density at radius 3 is 2.67 bits per heavy atom. The number of aromatic nitrogens is 3. The lowest BCUT2D eigenvalue weighted by Gasteiger charge is -2.17. The van der Waals surface area contributed by atoms with Crippen molar-refractivity contribution in [3.05, 3.63) is 58.8 Å². The summed E-state index contributed by atoms with van der Waals surface area (Å²) in [4.78, 5) is 17.1. The van der Waals surface area contributed by atoms with Gasteiger partial charge in [-0.3, -0.25) is 9.89 Å². The van der Waals surface area contributed by atoms with E-state index < -0.39 is 15.9 Å². The molecule has 156 valence electrons. The highest BCUT2D eigenvalue weighted by molar-refractivity contribution is 9.10. The van der Waals surface area contributed by atoms with Crippen molar-refractivity contribution < 1.29 is 13.2 Å². The van der Waals surface area contributed by atoms with Gasteiger partial charge in [-0.05, 0) is 49.2 Å². The largest absolute Gasteiger partial charge is 0.325 e. The lowest BCUT2D eigenvalue weighted by Crippen LogP contribution is -2.34. The van der Waals surface area contributed by atoms with E-state index in [1.165, 1.54) is 19.2 Å². The highest BCUT2D eigenvalue weighted by Gasteiger charge is 2.27. The van der Waals surface area contributed by atoms with E-state index in [1.807, 2.05) is 6.07 Å². The van der Waals surface area contributed by atoms with E-state index in [2.05, 4.69) is 36.4 Å². The number of halogens is 1. The molecule has 1 aliphatic rings. The smallest absolute Gasteiger partial charge is 0.243 e. The van der Waals surface area contributed by atoms with Gasteiger partial charge in [0.1, 0.15) is 5.82 Å². The number of hydrogen-bond donors (Lipinski definition) is 2. The molecule has 0 unspecified atom stereocenters. The molecule has 0 spiro atoms. The van der Waals surface area contributed by atoms with Gasteiger partial charge in [-0.2, -0.15) is 9.40 Å². The van der Waals surface area contributed by atoms with Crippen LogP contribution < -0.4 is 5.32 Å². The molecule has 1 amide bonds. The van der Waals surface area contributed by atoms with Gasteiger partial charge in [0.2, 0.25) is 15.9 Å². The fourth-order valence-electron chi connectivity index (χ4n) is 2.95. The molecule has 1 aliphatic carbocycles. The maximum Gasteiger partial charge on any atom is 0.243 e. The number of rotatable bonds is 7. The number of hydrogen-bond acceptors (Lipinski definition) is 5. The first kappa shape index (κ1) is 20.7. The van der Waals surface area contributed by atoms with Crippen molar-refractivity contribution in [2.24, 2.45) is 0 Å². The number of anilines is 1. The number of amides is 1. The Morgan fingerprint density at radius 2 is 1.97 bits per heavy atom. The Bertz CT molecular complexity index is 1170. The molecule has 0 saturated heterocycles. The minimum absolute atomic E-state index is 0.124. The first-order valence-electron chi connectivity index (χ1n) is 9.37. The molecule has 8 nitrogen and oxygen atoms in total.